The Morgan fingerprint density at radius 2 is 1.95 bits per heavy atom. The van der Waals surface area contributed by atoms with Crippen LogP contribution in [-0.2, 0) is 0 Å². The minimum Gasteiger partial charge on any atom is -0.318 e. The summed E-state index contributed by atoms with van der Waals surface area (Å²) >= 11 is 2.56. The van der Waals surface area contributed by atoms with Crippen LogP contribution in [0.15, 0.2) is 42.7 Å². The maximum Gasteiger partial charge on any atom is 0.262 e. The molecule has 0 fully saturated rings. The Kier molecular flexibility index (Phi) is 3.02. The minimum absolute atomic E-state index is 0.348. The fraction of sp³-hybridized carbons (Fsp3) is 0.267. The monoisotopic (exact) mass is 366 g/mol. The molecule has 0 saturated heterocycles. The molecule has 1 aliphatic heterocycles. The molecule has 0 radical (unpaired) electrons. The van der Waals surface area contributed by atoms with Crippen molar-refractivity contribution in [1.29, 1.82) is 0 Å². The Morgan fingerprint density at radius 1 is 1.21 bits per heavy atom. The molecule has 1 aromatic heterocycles. The summed E-state index contributed by atoms with van der Waals surface area (Å²) in [5.74, 6) is 0. The molecule has 0 bridgehead atoms. The molecule has 98 valence electrons. The predicted octanol–water partition coefficient (Wildman–Crippen LogP) is 4.17. The molecule has 3 nitrogen and oxygen atoms in total. The normalized spacial score (nSPS) is 25.5. The number of hydrogen-bond donors (Lipinski definition) is 0. The quantitative estimate of drug-likeness (QED) is 0.556. The number of para-hydroxylation sites is 1. The van der Waals surface area contributed by atoms with Crippen LogP contribution in [0, 0.1) is 6.92 Å². The largest absolute Gasteiger partial charge is 0.318 e. The summed E-state index contributed by atoms with van der Waals surface area (Å²) in [6.45, 7) is 4.44. The Morgan fingerprint density at radius 3 is 2.68 bits per heavy atom. The van der Waals surface area contributed by atoms with Gasteiger partial charge in [0.1, 0.15) is 11.4 Å². The van der Waals surface area contributed by atoms with Crippen molar-refractivity contribution in [2.45, 2.75) is 20.0 Å². The Hall–Kier alpha value is -1.14. The van der Waals surface area contributed by atoms with Gasteiger partial charge in [-0.1, -0.05) is 18.2 Å². The molecule has 0 saturated carbocycles. The third kappa shape index (κ3) is 1.70. The first-order valence-corrected chi connectivity index (χ1v) is 7.35. The van der Waals surface area contributed by atoms with Crippen molar-refractivity contribution in [3.63, 3.8) is 0 Å². The van der Waals surface area contributed by atoms with Crippen LogP contribution >= 0.6 is 22.9 Å². The highest BCUT2D eigenvalue weighted by Crippen LogP contribution is 2.53. The highest BCUT2D eigenvalue weighted by molar-refractivity contribution is 14.1. The molecular formula is C15H17IN3+. The molecule has 0 spiro atoms. The minimum atomic E-state index is 0.348. The summed E-state index contributed by atoms with van der Waals surface area (Å²) in [6, 6.07) is 10.8. The van der Waals surface area contributed by atoms with Crippen molar-refractivity contribution in [3.05, 3.63) is 48.3 Å². The second-order valence-corrected chi connectivity index (χ2v) is 6.55. The highest BCUT2D eigenvalue weighted by Gasteiger charge is 2.49. The van der Waals surface area contributed by atoms with Crippen LogP contribution in [0.1, 0.15) is 12.5 Å². The maximum absolute atomic E-state index is 4.27. The number of anilines is 1. The number of pyridine rings is 1. The molecule has 19 heavy (non-hydrogen) atoms. The molecule has 0 aliphatic carbocycles. The van der Waals surface area contributed by atoms with Gasteiger partial charge in [-0.15, -0.1) is 0 Å². The fourth-order valence-electron chi connectivity index (χ4n) is 2.83. The van der Waals surface area contributed by atoms with Crippen LogP contribution in [0.2, 0.25) is 0 Å². The van der Waals surface area contributed by atoms with Crippen molar-refractivity contribution in [1.82, 2.24) is 7.68 Å². The second-order valence-electron chi connectivity index (χ2n) is 5.03. The first-order chi connectivity index (χ1) is 9.06. The van der Waals surface area contributed by atoms with E-state index in [1.54, 1.807) is 0 Å². The van der Waals surface area contributed by atoms with E-state index in [1.165, 1.54) is 22.6 Å². The molecule has 4 heteroatoms. The van der Waals surface area contributed by atoms with Crippen LogP contribution in [0.3, 0.4) is 0 Å². The van der Waals surface area contributed by atoms with Crippen LogP contribution in [0.25, 0.3) is 0 Å². The molecule has 0 N–H and O–H groups in total. The van der Waals surface area contributed by atoms with Gasteiger partial charge in [0.2, 0.25) is 0 Å². The van der Waals surface area contributed by atoms with Gasteiger partial charge in [-0.25, -0.2) is 0 Å². The van der Waals surface area contributed by atoms with Gasteiger partial charge in [0.15, 0.2) is 11.9 Å². The zero-order chi connectivity index (χ0) is 13.6. The first kappa shape index (κ1) is 12.9. The van der Waals surface area contributed by atoms with Crippen molar-refractivity contribution in [3.8, 4) is 0 Å². The van der Waals surface area contributed by atoms with Crippen molar-refractivity contribution in [2.75, 3.05) is 11.9 Å². The molecular weight excluding hydrogens is 349 g/mol. The number of nitrogens with zero attached hydrogens (tertiary/aromatic N) is 3. The summed E-state index contributed by atoms with van der Waals surface area (Å²) in [6.07, 6.45) is 4.19. The standard InChI is InChI=1S/C15H17IN3/c1-11-6-4-5-7-14(11)19(16)12(2)18(3)13-10-17-9-8-15(13)19/h4-10,12H,1-3H3/q+1/t12-,19?/m0/s1. The zero-order valence-electron chi connectivity index (χ0n) is 11.3. The molecule has 2 aromatic rings. The Labute approximate surface area is 128 Å². The van der Waals surface area contributed by atoms with Crippen LogP contribution in [0.4, 0.5) is 17.1 Å². The lowest BCUT2D eigenvalue weighted by molar-refractivity contribution is 0.530. The number of hydrogen-bond acceptors (Lipinski definition) is 2. The fourth-order valence-corrected chi connectivity index (χ4v) is 4.15. The number of quaternary nitrogens is 1. The van der Waals surface area contributed by atoms with E-state index < -0.39 is 0 Å². The molecule has 3 rings (SSSR count). The summed E-state index contributed by atoms with van der Waals surface area (Å²) in [7, 11) is 2.14. The highest BCUT2D eigenvalue weighted by atomic mass is 127. The van der Waals surface area contributed by atoms with Crippen LogP contribution < -0.4 is 7.60 Å². The van der Waals surface area contributed by atoms with Crippen molar-refractivity contribution in [2.24, 2.45) is 0 Å². The van der Waals surface area contributed by atoms with E-state index in [1.807, 2.05) is 12.4 Å². The van der Waals surface area contributed by atoms with E-state index in [9.17, 15) is 0 Å². The molecule has 1 aromatic carbocycles. The van der Waals surface area contributed by atoms with Crippen molar-refractivity contribution < 1.29 is 0 Å². The number of aromatic nitrogens is 1. The van der Waals surface area contributed by atoms with Gasteiger partial charge in [0, 0.05) is 37.9 Å². The predicted molar refractivity (Wildman–Crippen MR) is 88.8 cm³/mol. The van der Waals surface area contributed by atoms with Gasteiger partial charge < -0.3 is 4.90 Å². The van der Waals surface area contributed by atoms with Gasteiger partial charge in [-0.2, -0.15) is 2.70 Å². The van der Waals surface area contributed by atoms with E-state index in [-0.39, 0.29) is 0 Å². The molecule has 2 heterocycles. The van der Waals surface area contributed by atoms with E-state index in [2.05, 4.69) is 84.0 Å². The average Bonchev–Trinajstić information content (AvgIpc) is 2.63. The SMILES string of the molecule is Cc1ccccc1[N+]1(I)c2ccncc2N(C)[C@@H]1C. The number of aryl methyl sites for hydroxylation is 1. The van der Waals surface area contributed by atoms with Crippen LogP contribution in [0.5, 0.6) is 0 Å². The molecule has 0 amide bonds. The van der Waals surface area contributed by atoms with Crippen LogP contribution in [-0.4, -0.2) is 18.2 Å². The third-order valence-electron chi connectivity index (χ3n) is 4.05. The molecule has 1 aliphatic rings. The average molecular weight is 366 g/mol. The topological polar surface area (TPSA) is 16.1 Å². The summed E-state index contributed by atoms with van der Waals surface area (Å²) < 4.78 is 0.777. The van der Waals surface area contributed by atoms with Gasteiger partial charge in [-0.3, -0.25) is 4.98 Å². The Bertz CT molecular complexity index is 628. The number of halogens is 1. The smallest absolute Gasteiger partial charge is 0.262 e. The van der Waals surface area contributed by atoms with E-state index in [0.29, 0.717) is 6.17 Å². The molecule has 2 atom stereocenters. The number of rotatable bonds is 1. The van der Waals surface area contributed by atoms with Gasteiger partial charge in [-0.05, 0) is 6.92 Å². The van der Waals surface area contributed by atoms with Crippen molar-refractivity contribution >= 4 is 39.9 Å². The van der Waals surface area contributed by atoms with Gasteiger partial charge >= 0.3 is 0 Å². The lowest BCUT2D eigenvalue weighted by Gasteiger charge is -2.32. The van der Waals surface area contributed by atoms with Gasteiger partial charge in [0.05, 0.1) is 6.20 Å². The second kappa shape index (κ2) is 4.45. The summed E-state index contributed by atoms with van der Waals surface area (Å²) in [4.78, 5) is 6.57. The van der Waals surface area contributed by atoms with E-state index >= 15 is 0 Å². The Balaban J connectivity index is 2.27. The maximum atomic E-state index is 4.27. The summed E-state index contributed by atoms with van der Waals surface area (Å²) in [5.41, 5.74) is 5.18. The zero-order valence-corrected chi connectivity index (χ0v) is 13.5. The van der Waals surface area contributed by atoms with E-state index in [4.69, 9.17) is 0 Å². The third-order valence-corrected chi connectivity index (χ3v) is 5.90. The lowest BCUT2D eigenvalue weighted by Crippen LogP contribution is -2.45. The first-order valence-electron chi connectivity index (χ1n) is 6.39. The van der Waals surface area contributed by atoms with E-state index in [0.717, 1.165) is 2.70 Å². The summed E-state index contributed by atoms with van der Waals surface area (Å²) in [5, 5.41) is 0. The van der Waals surface area contributed by atoms with Gasteiger partial charge in [0.25, 0.3) is 22.9 Å². The lowest BCUT2D eigenvalue weighted by atomic mass is 10.1. The number of fused-ring (bicyclic) bond motifs is 1. The number of benzene rings is 1. The molecule has 1 unspecified atom stereocenters.